The van der Waals surface area contributed by atoms with Gasteiger partial charge in [-0.2, -0.15) is 0 Å². The van der Waals surface area contributed by atoms with Crippen molar-refractivity contribution in [2.75, 3.05) is 0 Å². The maximum atomic E-state index is 4.02. The van der Waals surface area contributed by atoms with Crippen molar-refractivity contribution in [3.05, 3.63) is 19.1 Å². The Hall–Kier alpha value is -0.260. The molecular formula is C12H21. The number of allylic oxidation sites excluding steroid dienone is 2. The molecule has 0 aliphatic heterocycles. The van der Waals surface area contributed by atoms with E-state index in [2.05, 4.69) is 19.1 Å². The van der Waals surface area contributed by atoms with Crippen molar-refractivity contribution in [1.82, 2.24) is 0 Å². The summed E-state index contributed by atoms with van der Waals surface area (Å²) < 4.78 is 0. The van der Waals surface area contributed by atoms with Gasteiger partial charge in [0.15, 0.2) is 0 Å². The molecule has 0 nitrogen and oxygen atoms in total. The van der Waals surface area contributed by atoms with Crippen molar-refractivity contribution >= 4 is 0 Å². The van der Waals surface area contributed by atoms with E-state index in [1.807, 2.05) is 0 Å². The lowest BCUT2D eigenvalue weighted by Gasteiger charge is -2.14. The fourth-order valence-corrected chi connectivity index (χ4v) is 1.89. The molecule has 1 aliphatic rings. The summed E-state index contributed by atoms with van der Waals surface area (Å²) in [5, 5.41) is 0. The molecule has 0 bridgehead atoms. The molecule has 0 spiro atoms. The normalized spacial score (nSPS) is 29.6. The first kappa shape index (κ1) is 9.83. The Balaban J connectivity index is 2.26. The zero-order valence-corrected chi connectivity index (χ0v) is 8.10. The highest BCUT2D eigenvalue weighted by Gasteiger charge is 2.05. The molecule has 0 saturated carbocycles. The second kappa shape index (κ2) is 6.28. The number of rotatable bonds is 1. The van der Waals surface area contributed by atoms with Crippen LogP contribution in [0.1, 0.15) is 51.4 Å². The smallest absolute Gasteiger partial charge is 0.0351 e. The molecule has 0 N–H and O–H groups in total. The van der Waals surface area contributed by atoms with Gasteiger partial charge in [-0.05, 0) is 31.6 Å². The van der Waals surface area contributed by atoms with Gasteiger partial charge in [0.1, 0.15) is 0 Å². The van der Waals surface area contributed by atoms with Gasteiger partial charge < -0.3 is 0 Å². The summed E-state index contributed by atoms with van der Waals surface area (Å²) in [4.78, 5) is 0. The summed E-state index contributed by atoms with van der Waals surface area (Å²) in [5.74, 6) is 0.913. The minimum absolute atomic E-state index is 0.913. The quantitative estimate of drug-likeness (QED) is 0.512. The Morgan fingerprint density at radius 2 is 1.67 bits per heavy atom. The fourth-order valence-electron chi connectivity index (χ4n) is 1.89. The van der Waals surface area contributed by atoms with Crippen LogP contribution in [0.25, 0.3) is 0 Å². The van der Waals surface area contributed by atoms with Crippen LogP contribution < -0.4 is 0 Å². The van der Waals surface area contributed by atoms with Crippen molar-refractivity contribution < 1.29 is 0 Å². The van der Waals surface area contributed by atoms with Gasteiger partial charge in [0.25, 0.3) is 0 Å². The molecule has 1 aliphatic carbocycles. The van der Waals surface area contributed by atoms with E-state index in [0.29, 0.717) is 0 Å². The molecule has 0 saturated heterocycles. The molecule has 0 heterocycles. The van der Waals surface area contributed by atoms with Gasteiger partial charge in [-0.1, -0.05) is 44.8 Å². The van der Waals surface area contributed by atoms with E-state index in [1.165, 1.54) is 44.9 Å². The van der Waals surface area contributed by atoms with Crippen LogP contribution in [-0.2, 0) is 0 Å². The molecule has 0 amide bonds. The second-order valence-electron chi connectivity index (χ2n) is 3.84. The Morgan fingerprint density at radius 1 is 1.00 bits per heavy atom. The van der Waals surface area contributed by atoms with Gasteiger partial charge in [0.2, 0.25) is 0 Å². The lowest BCUT2D eigenvalue weighted by atomic mass is 9.92. The molecular weight excluding hydrogens is 144 g/mol. The monoisotopic (exact) mass is 165 g/mol. The minimum atomic E-state index is 0.913. The van der Waals surface area contributed by atoms with Crippen molar-refractivity contribution in [3.8, 4) is 0 Å². The molecule has 0 heteroatoms. The van der Waals surface area contributed by atoms with E-state index in [4.69, 9.17) is 0 Å². The average Bonchev–Trinajstić information content (AvgIpc) is 2.14. The first-order valence-corrected chi connectivity index (χ1v) is 5.37. The summed E-state index contributed by atoms with van der Waals surface area (Å²) >= 11 is 0. The van der Waals surface area contributed by atoms with E-state index in [-0.39, 0.29) is 0 Å². The van der Waals surface area contributed by atoms with Crippen molar-refractivity contribution in [1.29, 1.82) is 0 Å². The van der Waals surface area contributed by atoms with Crippen LogP contribution in [0.2, 0.25) is 0 Å². The van der Waals surface area contributed by atoms with Gasteiger partial charge in [0.05, 0.1) is 0 Å². The third-order valence-electron chi connectivity index (χ3n) is 2.79. The van der Waals surface area contributed by atoms with Crippen LogP contribution in [0.4, 0.5) is 0 Å². The summed E-state index contributed by atoms with van der Waals surface area (Å²) in [5.41, 5.74) is 0. The first-order chi connectivity index (χ1) is 5.93. The molecule has 69 valence electrons. The Kier molecular flexibility index (Phi) is 5.14. The lowest BCUT2D eigenvalue weighted by molar-refractivity contribution is 0.420. The first-order valence-electron chi connectivity index (χ1n) is 5.37. The third kappa shape index (κ3) is 3.94. The standard InChI is InChI=1S/C12H21/c1-2-12-10-8-6-4-3-5-7-9-11-12/h3-4,12H,1-2,5-11H2/b4-3-. The van der Waals surface area contributed by atoms with Gasteiger partial charge in [-0.3, -0.25) is 0 Å². The second-order valence-corrected chi connectivity index (χ2v) is 3.84. The molecule has 0 aromatic carbocycles. The lowest BCUT2D eigenvalue weighted by Crippen LogP contribution is -1.99. The molecule has 1 unspecified atom stereocenters. The minimum Gasteiger partial charge on any atom is -0.0885 e. The number of hydrogen-bond acceptors (Lipinski definition) is 0. The molecule has 0 fully saturated rings. The molecule has 1 atom stereocenters. The largest absolute Gasteiger partial charge is 0.0885 e. The molecule has 1 radical (unpaired) electrons. The highest BCUT2D eigenvalue weighted by atomic mass is 14.1. The Labute approximate surface area is 77.1 Å². The molecule has 1 rings (SSSR count). The predicted molar refractivity (Wildman–Crippen MR) is 54.9 cm³/mol. The van der Waals surface area contributed by atoms with Crippen molar-refractivity contribution in [3.63, 3.8) is 0 Å². The Morgan fingerprint density at radius 3 is 2.42 bits per heavy atom. The maximum absolute atomic E-state index is 4.02. The van der Waals surface area contributed by atoms with Crippen LogP contribution in [-0.4, -0.2) is 0 Å². The third-order valence-corrected chi connectivity index (χ3v) is 2.79. The summed E-state index contributed by atoms with van der Waals surface area (Å²) in [7, 11) is 0. The highest BCUT2D eigenvalue weighted by Crippen LogP contribution is 2.21. The zero-order valence-electron chi connectivity index (χ0n) is 8.10. The zero-order chi connectivity index (χ0) is 8.65. The highest BCUT2D eigenvalue weighted by molar-refractivity contribution is 4.82. The SMILES string of the molecule is [CH2]CC1CCC/C=C\CCCC1. The van der Waals surface area contributed by atoms with Gasteiger partial charge >= 0.3 is 0 Å². The molecule has 12 heavy (non-hydrogen) atoms. The van der Waals surface area contributed by atoms with Gasteiger partial charge in [-0.15, -0.1) is 0 Å². The number of hydrogen-bond donors (Lipinski definition) is 0. The van der Waals surface area contributed by atoms with E-state index in [0.717, 1.165) is 12.3 Å². The van der Waals surface area contributed by atoms with Crippen LogP contribution in [0.15, 0.2) is 12.2 Å². The van der Waals surface area contributed by atoms with Crippen LogP contribution in [0, 0.1) is 12.8 Å². The van der Waals surface area contributed by atoms with Crippen molar-refractivity contribution in [2.45, 2.75) is 51.4 Å². The molecule has 0 aromatic rings. The van der Waals surface area contributed by atoms with Crippen LogP contribution in [0.5, 0.6) is 0 Å². The fraction of sp³-hybridized carbons (Fsp3) is 0.750. The maximum Gasteiger partial charge on any atom is -0.0351 e. The topological polar surface area (TPSA) is 0 Å². The van der Waals surface area contributed by atoms with E-state index >= 15 is 0 Å². The van der Waals surface area contributed by atoms with Crippen molar-refractivity contribution in [2.24, 2.45) is 5.92 Å². The van der Waals surface area contributed by atoms with E-state index < -0.39 is 0 Å². The summed E-state index contributed by atoms with van der Waals surface area (Å²) in [6.07, 6.45) is 15.4. The van der Waals surface area contributed by atoms with E-state index in [9.17, 15) is 0 Å². The van der Waals surface area contributed by atoms with Crippen LogP contribution >= 0.6 is 0 Å². The van der Waals surface area contributed by atoms with Crippen LogP contribution in [0.3, 0.4) is 0 Å². The Bertz CT molecular complexity index is 124. The van der Waals surface area contributed by atoms with Gasteiger partial charge in [0, 0.05) is 0 Å². The summed E-state index contributed by atoms with van der Waals surface area (Å²) in [6.45, 7) is 4.02. The van der Waals surface area contributed by atoms with Gasteiger partial charge in [-0.25, -0.2) is 0 Å². The molecule has 0 aromatic heterocycles. The average molecular weight is 165 g/mol. The summed E-state index contributed by atoms with van der Waals surface area (Å²) in [6, 6.07) is 0. The predicted octanol–water partition coefficient (Wildman–Crippen LogP) is 4.13. The van der Waals surface area contributed by atoms with E-state index in [1.54, 1.807) is 0 Å².